The Morgan fingerprint density at radius 3 is 2.65 bits per heavy atom. The Morgan fingerprint density at radius 1 is 1.20 bits per heavy atom. The summed E-state index contributed by atoms with van der Waals surface area (Å²) in [7, 11) is 1.80. The van der Waals surface area contributed by atoms with E-state index in [0.29, 0.717) is 11.4 Å². The van der Waals surface area contributed by atoms with Crippen molar-refractivity contribution in [3.8, 4) is 17.1 Å². The molecule has 0 saturated carbocycles. The van der Waals surface area contributed by atoms with Crippen molar-refractivity contribution in [3.05, 3.63) is 39.6 Å². The maximum absolute atomic E-state index is 10.2. The van der Waals surface area contributed by atoms with Gasteiger partial charge in [-0.15, -0.1) is 0 Å². The van der Waals surface area contributed by atoms with Crippen molar-refractivity contribution >= 4 is 45.8 Å². The lowest BCUT2D eigenvalue weighted by atomic mass is 10.2. The van der Waals surface area contributed by atoms with Gasteiger partial charge in [-0.2, -0.15) is 0 Å². The fourth-order valence-corrected chi connectivity index (χ4v) is 2.74. The van der Waals surface area contributed by atoms with E-state index in [0.717, 1.165) is 11.0 Å². The number of halogens is 3. The standard InChI is InChI=1S/C13H8Cl3N3O/c1-19-9-5-17-3-2-8(9)18-13(19)10-11(16)6(14)4-7(15)12(10)20/h2-5,20H,1H3. The highest BCUT2D eigenvalue weighted by Gasteiger charge is 2.21. The number of fused-ring (bicyclic) bond motifs is 1. The summed E-state index contributed by atoms with van der Waals surface area (Å²) in [6.45, 7) is 0. The number of pyridine rings is 1. The second-order valence-corrected chi connectivity index (χ2v) is 5.43. The number of aromatic nitrogens is 3. The van der Waals surface area contributed by atoms with Gasteiger partial charge in [-0.3, -0.25) is 4.98 Å². The van der Waals surface area contributed by atoms with E-state index in [1.54, 1.807) is 30.1 Å². The zero-order valence-corrected chi connectivity index (χ0v) is 12.5. The molecule has 102 valence electrons. The second kappa shape index (κ2) is 4.81. The number of hydrogen-bond acceptors (Lipinski definition) is 3. The SMILES string of the molecule is Cn1c(-c2c(O)c(Cl)cc(Cl)c2Cl)nc2ccncc21. The predicted molar refractivity (Wildman–Crippen MR) is 80.6 cm³/mol. The molecule has 1 N–H and O–H groups in total. The third kappa shape index (κ3) is 1.92. The van der Waals surface area contributed by atoms with Crippen molar-refractivity contribution in [2.45, 2.75) is 0 Å². The van der Waals surface area contributed by atoms with Gasteiger partial charge in [0.25, 0.3) is 0 Å². The third-order valence-electron chi connectivity index (χ3n) is 3.05. The normalized spacial score (nSPS) is 11.2. The number of rotatable bonds is 1. The first kappa shape index (κ1) is 13.5. The molecule has 0 amide bonds. The zero-order chi connectivity index (χ0) is 14.4. The minimum atomic E-state index is -0.146. The van der Waals surface area contributed by atoms with Crippen molar-refractivity contribution in [2.24, 2.45) is 7.05 Å². The van der Waals surface area contributed by atoms with Gasteiger partial charge < -0.3 is 9.67 Å². The highest BCUT2D eigenvalue weighted by molar-refractivity contribution is 6.45. The fraction of sp³-hybridized carbons (Fsp3) is 0.0769. The number of hydrogen-bond donors (Lipinski definition) is 1. The molecule has 0 fully saturated rings. The number of aromatic hydroxyl groups is 1. The predicted octanol–water partition coefficient (Wildman–Crippen LogP) is 4.30. The Balaban J connectivity index is 2.40. The third-order valence-corrected chi connectivity index (χ3v) is 4.13. The minimum absolute atomic E-state index is 0.125. The van der Waals surface area contributed by atoms with E-state index < -0.39 is 0 Å². The molecule has 3 aromatic rings. The van der Waals surface area contributed by atoms with E-state index in [4.69, 9.17) is 34.8 Å². The van der Waals surface area contributed by atoms with Crippen molar-refractivity contribution in [1.29, 1.82) is 0 Å². The fourth-order valence-electron chi connectivity index (χ4n) is 2.05. The van der Waals surface area contributed by atoms with Crippen LogP contribution in [0.25, 0.3) is 22.4 Å². The van der Waals surface area contributed by atoms with Crippen LogP contribution in [0, 0.1) is 0 Å². The molecule has 0 spiro atoms. The van der Waals surface area contributed by atoms with Gasteiger partial charge in [0.1, 0.15) is 11.6 Å². The van der Waals surface area contributed by atoms with Crippen LogP contribution in [0.15, 0.2) is 24.5 Å². The van der Waals surface area contributed by atoms with Gasteiger partial charge in [0, 0.05) is 13.2 Å². The first-order valence-corrected chi connectivity index (χ1v) is 6.77. The van der Waals surface area contributed by atoms with Gasteiger partial charge in [-0.1, -0.05) is 34.8 Å². The largest absolute Gasteiger partial charge is 0.506 e. The number of phenolic OH excluding ortho intramolecular Hbond substituents is 1. The quantitative estimate of drug-likeness (QED) is 0.678. The summed E-state index contributed by atoms with van der Waals surface area (Å²) >= 11 is 18.1. The summed E-state index contributed by atoms with van der Waals surface area (Å²) in [6.07, 6.45) is 3.33. The molecule has 3 rings (SSSR count). The molecule has 2 heterocycles. The van der Waals surface area contributed by atoms with E-state index in [1.165, 1.54) is 6.07 Å². The number of imidazole rings is 1. The number of phenols is 1. The van der Waals surface area contributed by atoms with Crippen LogP contribution >= 0.6 is 34.8 Å². The van der Waals surface area contributed by atoms with Gasteiger partial charge in [0.15, 0.2) is 0 Å². The van der Waals surface area contributed by atoms with Gasteiger partial charge in [0.2, 0.25) is 0 Å². The summed E-state index contributed by atoms with van der Waals surface area (Å²) in [5.41, 5.74) is 1.86. The molecule has 7 heteroatoms. The molecule has 1 aromatic carbocycles. The van der Waals surface area contributed by atoms with Crippen LogP contribution in [0.5, 0.6) is 5.75 Å². The molecule has 4 nitrogen and oxygen atoms in total. The van der Waals surface area contributed by atoms with Crippen LogP contribution in [-0.2, 0) is 7.05 Å². The molecule has 0 radical (unpaired) electrons. The Bertz CT molecular complexity index is 803. The van der Waals surface area contributed by atoms with Crippen molar-refractivity contribution in [2.75, 3.05) is 0 Å². The van der Waals surface area contributed by atoms with E-state index in [9.17, 15) is 5.11 Å². The summed E-state index contributed by atoms with van der Waals surface area (Å²) in [5.74, 6) is 0.326. The van der Waals surface area contributed by atoms with Crippen molar-refractivity contribution in [1.82, 2.24) is 14.5 Å². The topological polar surface area (TPSA) is 50.9 Å². The van der Waals surface area contributed by atoms with Crippen LogP contribution < -0.4 is 0 Å². The molecular weight excluding hydrogens is 321 g/mol. The Labute approximate surface area is 129 Å². The molecule has 0 unspecified atom stereocenters. The average Bonchev–Trinajstić information content (AvgIpc) is 2.75. The van der Waals surface area contributed by atoms with Gasteiger partial charge in [-0.25, -0.2) is 4.98 Å². The number of benzene rings is 1. The first-order chi connectivity index (χ1) is 9.50. The van der Waals surface area contributed by atoms with Crippen LogP contribution in [0.4, 0.5) is 0 Å². The van der Waals surface area contributed by atoms with E-state index in [-0.39, 0.29) is 20.8 Å². The smallest absolute Gasteiger partial charge is 0.146 e. The summed E-state index contributed by atoms with van der Waals surface area (Å²) in [5, 5.41) is 10.8. The highest BCUT2D eigenvalue weighted by Crippen LogP contribution is 2.44. The maximum atomic E-state index is 10.2. The molecule has 20 heavy (non-hydrogen) atoms. The lowest BCUT2D eigenvalue weighted by Crippen LogP contribution is -1.94. The molecular formula is C13H8Cl3N3O. The van der Waals surface area contributed by atoms with Crippen LogP contribution in [0.2, 0.25) is 15.1 Å². The minimum Gasteiger partial charge on any atom is -0.506 e. The van der Waals surface area contributed by atoms with E-state index >= 15 is 0 Å². The molecule has 0 atom stereocenters. The monoisotopic (exact) mass is 327 g/mol. The zero-order valence-electron chi connectivity index (χ0n) is 10.2. The van der Waals surface area contributed by atoms with Crippen LogP contribution in [0.3, 0.4) is 0 Å². The number of nitrogens with zero attached hydrogens (tertiary/aromatic N) is 3. The summed E-state index contributed by atoms with van der Waals surface area (Å²) in [4.78, 5) is 8.50. The molecule has 0 bridgehead atoms. The van der Waals surface area contributed by atoms with Crippen molar-refractivity contribution in [3.63, 3.8) is 0 Å². The van der Waals surface area contributed by atoms with Crippen LogP contribution in [0.1, 0.15) is 0 Å². The van der Waals surface area contributed by atoms with Crippen LogP contribution in [-0.4, -0.2) is 19.6 Å². The lowest BCUT2D eigenvalue weighted by Gasteiger charge is -2.10. The van der Waals surface area contributed by atoms with Gasteiger partial charge in [-0.05, 0) is 12.1 Å². The first-order valence-electron chi connectivity index (χ1n) is 5.64. The van der Waals surface area contributed by atoms with E-state index in [2.05, 4.69) is 9.97 Å². The Morgan fingerprint density at radius 2 is 1.95 bits per heavy atom. The maximum Gasteiger partial charge on any atom is 0.146 e. The highest BCUT2D eigenvalue weighted by atomic mass is 35.5. The molecule has 0 aliphatic carbocycles. The average molecular weight is 329 g/mol. The Kier molecular flexibility index (Phi) is 3.24. The second-order valence-electron chi connectivity index (χ2n) is 4.24. The summed E-state index contributed by atoms with van der Waals surface area (Å²) < 4.78 is 1.77. The van der Waals surface area contributed by atoms with E-state index in [1.807, 2.05) is 0 Å². The molecule has 0 aliphatic heterocycles. The lowest BCUT2D eigenvalue weighted by molar-refractivity contribution is 0.477. The summed E-state index contributed by atoms with van der Waals surface area (Å²) in [6, 6.07) is 3.17. The van der Waals surface area contributed by atoms with Gasteiger partial charge in [0.05, 0.1) is 37.9 Å². The molecule has 2 aromatic heterocycles. The van der Waals surface area contributed by atoms with Crippen molar-refractivity contribution < 1.29 is 5.11 Å². The molecule has 0 saturated heterocycles. The van der Waals surface area contributed by atoms with Gasteiger partial charge >= 0.3 is 0 Å². The Hall–Kier alpha value is -1.49. The molecule has 0 aliphatic rings. The number of aryl methyl sites for hydroxylation is 1.